The average Bonchev–Trinajstić information content (AvgIpc) is 1.94. The van der Waals surface area contributed by atoms with Gasteiger partial charge >= 0.3 is 0 Å². The van der Waals surface area contributed by atoms with Gasteiger partial charge in [0, 0.05) is 11.5 Å². The van der Waals surface area contributed by atoms with Gasteiger partial charge in [0.25, 0.3) is 0 Å². The minimum atomic E-state index is -1.15. The Morgan fingerprint density at radius 1 is 1.73 bits per heavy atom. The molecule has 6 heteroatoms. The summed E-state index contributed by atoms with van der Waals surface area (Å²) in [7, 11) is 0. The number of nitrogens with zero attached hydrogens (tertiary/aromatic N) is 1. The number of halogens is 1. The summed E-state index contributed by atoms with van der Waals surface area (Å²) in [6.45, 7) is 0.117. The first-order valence-corrected chi connectivity index (χ1v) is 3.38. The van der Waals surface area contributed by atoms with Crippen molar-refractivity contribution in [1.82, 2.24) is 5.32 Å². The molecule has 0 radical (unpaired) electrons. The van der Waals surface area contributed by atoms with E-state index in [-0.39, 0.29) is 13.0 Å². The second kappa shape index (κ2) is 3.10. The highest BCUT2D eigenvalue weighted by molar-refractivity contribution is 4.81. The van der Waals surface area contributed by atoms with Crippen molar-refractivity contribution in [3.05, 3.63) is 10.1 Å². The summed E-state index contributed by atoms with van der Waals surface area (Å²) >= 11 is 0. The van der Waals surface area contributed by atoms with Crippen LogP contribution >= 0.6 is 0 Å². The van der Waals surface area contributed by atoms with Gasteiger partial charge < -0.3 is 5.73 Å². The molecule has 64 valence electrons. The molecular formula is C5H10FN3O2. The molecule has 0 amide bonds. The summed E-state index contributed by atoms with van der Waals surface area (Å²) in [5.74, 6) is 0. The molecule has 1 fully saturated rings. The highest BCUT2D eigenvalue weighted by Crippen LogP contribution is 2.11. The number of piperidine rings is 1. The van der Waals surface area contributed by atoms with Crippen molar-refractivity contribution < 1.29 is 9.31 Å². The Morgan fingerprint density at radius 2 is 2.36 bits per heavy atom. The van der Waals surface area contributed by atoms with E-state index in [0.717, 1.165) is 0 Å². The monoisotopic (exact) mass is 163 g/mol. The van der Waals surface area contributed by atoms with Crippen molar-refractivity contribution in [2.45, 2.75) is 24.8 Å². The molecule has 1 rings (SSSR count). The third kappa shape index (κ3) is 1.84. The maximum Gasteiger partial charge on any atom is 0.243 e. The lowest BCUT2D eigenvalue weighted by Gasteiger charge is -2.25. The van der Waals surface area contributed by atoms with Crippen molar-refractivity contribution in [3.8, 4) is 0 Å². The highest BCUT2D eigenvalue weighted by Gasteiger charge is 2.35. The summed E-state index contributed by atoms with van der Waals surface area (Å²) < 4.78 is 12.5. The van der Waals surface area contributed by atoms with Gasteiger partial charge in [0.05, 0.1) is 6.42 Å². The van der Waals surface area contributed by atoms with Crippen LogP contribution in [0.1, 0.15) is 6.42 Å². The lowest BCUT2D eigenvalue weighted by Crippen LogP contribution is -2.57. The quantitative estimate of drug-likeness (QED) is 0.393. The standard InChI is InChI=1S/C5H10FN3O2/c6-3-1-4(9(10)11)5(7)8-2-3/h3-5,8H,1-2,7H2/t3?,4?,5-/m1/s1. The van der Waals surface area contributed by atoms with E-state index in [1.807, 2.05) is 0 Å². The van der Waals surface area contributed by atoms with Crippen LogP contribution in [-0.4, -0.2) is 29.8 Å². The van der Waals surface area contributed by atoms with Crippen LogP contribution in [0.3, 0.4) is 0 Å². The van der Waals surface area contributed by atoms with Crippen LogP contribution in [0.25, 0.3) is 0 Å². The molecule has 0 aromatic carbocycles. The molecule has 0 aliphatic carbocycles. The number of nitrogens with one attached hydrogen (secondary N) is 1. The molecule has 1 saturated heterocycles. The van der Waals surface area contributed by atoms with E-state index in [4.69, 9.17) is 5.73 Å². The smallest absolute Gasteiger partial charge is 0.243 e. The van der Waals surface area contributed by atoms with E-state index in [9.17, 15) is 14.5 Å². The van der Waals surface area contributed by atoms with Crippen LogP contribution in [0.15, 0.2) is 0 Å². The molecule has 3 atom stereocenters. The molecule has 1 aliphatic rings. The maximum absolute atomic E-state index is 12.5. The molecule has 0 bridgehead atoms. The van der Waals surface area contributed by atoms with Gasteiger partial charge in [-0.05, 0) is 0 Å². The van der Waals surface area contributed by atoms with Crippen LogP contribution < -0.4 is 11.1 Å². The summed E-state index contributed by atoms with van der Waals surface area (Å²) in [4.78, 5) is 9.69. The molecule has 5 nitrogen and oxygen atoms in total. The number of nitrogens with two attached hydrogens (primary N) is 1. The van der Waals surface area contributed by atoms with Gasteiger partial charge in [-0.1, -0.05) is 0 Å². The molecule has 0 spiro atoms. The fourth-order valence-corrected chi connectivity index (χ4v) is 1.11. The van der Waals surface area contributed by atoms with Gasteiger partial charge in [-0.15, -0.1) is 0 Å². The molecule has 3 N–H and O–H groups in total. The van der Waals surface area contributed by atoms with E-state index in [1.165, 1.54) is 0 Å². The van der Waals surface area contributed by atoms with Crippen molar-refractivity contribution in [2.24, 2.45) is 5.73 Å². The summed E-state index contributed by atoms with van der Waals surface area (Å²) in [5.41, 5.74) is 5.32. The number of alkyl halides is 1. The Bertz CT molecular complexity index is 166. The van der Waals surface area contributed by atoms with Gasteiger partial charge in [0.15, 0.2) is 0 Å². The largest absolute Gasteiger partial charge is 0.310 e. The van der Waals surface area contributed by atoms with E-state index >= 15 is 0 Å². The Hall–Kier alpha value is -0.750. The first kappa shape index (κ1) is 8.35. The molecular weight excluding hydrogens is 153 g/mol. The van der Waals surface area contributed by atoms with E-state index < -0.39 is 23.3 Å². The summed E-state index contributed by atoms with van der Waals surface area (Å²) in [6.07, 6.45) is -1.94. The zero-order valence-corrected chi connectivity index (χ0v) is 5.87. The molecule has 0 aromatic heterocycles. The van der Waals surface area contributed by atoms with Gasteiger partial charge in [-0.25, -0.2) is 4.39 Å². The van der Waals surface area contributed by atoms with Crippen molar-refractivity contribution in [2.75, 3.05) is 6.54 Å². The van der Waals surface area contributed by atoms with Crippen molar-refractivity contribution in [3.63, 3.8) is 0 Å². The summed E-state index contributed by atoms with van der Waals surface area (Å²) in [5, 5.41) is 12.8. The van der Waals surface area contributed by atoms with E-state index in [2.05, 4.69) is 5.32 Å². The summed E-state index contributed by atoms with van der Waals surface area (Å²) in [6, 6.07) is -0.987. The second-order valence-corrected chi connectivity index (χ2v) is 2.62. The Kier molecular flexibility index (Phi) is 2.35. The van der Waals surface area contributed by atoms with Crippen molar-refractivity contribution in [1.29, 1.82) is 0 Å². The predicted molar refractivity (Wildman–Crippen MR) is 36.3 cm³/mol. The van der Waals surface area contributed by atoms with Crippen molar-refractivity contribution >= 4 is 0 Å². The average molecular weight is 163 g/mol. The minimum absolute atomic E-state index is 0.0822. The van der Waals surface area contributed by atoms with Gasteiger partial charge in [-0.3, -0.25) is 15.4 Å². The fourth-order valence-electron chi connectivity index (χ4n) is 1.11. The number of nitro groups is 1. The van der Waals surface area contributed by atoms with Crippen LogP contribution in [0.5, 0.6) is 0 Å². The van der Waals surface area contributed by atoms with Crippen LogP contribution in [-0.2, 0) is 0 Å². The van der Waals surface area contributed by atoms with Crippen LogP contribution in [0.2, 0.25) is 0 Å². The van der Waals surface area contributed by atoms with E-state index in [0.29, 0.717) is 0 Å². The van der Waals surface area contributed by atoms with Gasteiger partial charge in [0.1, 0.15) is 12.3 Å². The molecule has 0 saturated carbocycles. The lowest BCUT2D eigenvalue weighted by atomic mass is 10.0. The molecule has 11 heavy (non-hydrogen) atoms. The Balaban J connectivity index is 2.54. The van der Waals surface area contributed by atoms with Gasteiger partial charge in [-0.2, -0.15) is 0 Å². The second-order valence-electron chi connectivity index (χ2n) is 2.62. The number of hydrogen-bond acceptors (Lipinski definition) is 4. The highest BCUT2D eigenvalue weighted by atomic mass is 19.1. The normalized spacial score (nSPS) is 38.5. The number of hydrogen-bond donors (Lipinski definition) is 2. The molecule has 1 aliphatic heterocycles. The Labute approximate surface area is 62.9 Å². The van der Waals surface area contributed by atoms with Crippen LogP contribution in [0, 0.1) is 10.1 Å². The first-order chi connectivity index (χ1) is 5.11. The maximum atomic E-state index is 12.5. The zero-order chi connectivity index (χ0) is 8.43. The molecule has 0 aromatic rings. The first-order valence-electron chi connectivity index (χ1n) is 3.38. The molecule has 2 unspecified atom stereocenters. The topological polar surface area (TPSA) is 81.2 Å². The zero-order valence-electron chi connectivity index (χ0n) is 5.87. The molecule has 1 heterocycles. The minimum Gasteiger partial charge on any atom is -0.310 e. The SMILES string of the molecule is N[C@@H]1NCC(F)CC1[N+](=O)[O-]. The lowest BCUT2D eigenvalue weighted by molar-refractivity contribution is -0.531. The predicted octanol–water partition coefficient (Wildman–Crippen LogP) is -0.752. The number of rotatable bonds is 1. The fraction of sp³-hybridized carbons (Fsp3) is 1.00. The van der Waals surface area contributed by atoms with Crippen LogP contribution in [0.4, 0.5) is 4.39 Å². The van der Waals surface area contributed by atoms with E-state index in [1.54, 1.807) is 0 Å². The van der Waals surface area contributed by atoms with Gasteiger partial charge in [0.2, 0.25) is 6.04 Å². The Morgan fingerprint density at radius 3 is 2.82 bits per heavy atom. The third-order valence-electron chi connectivity index (χ3n) is 1.76. The third-order valence-corrected chi connectivity index (χ3v) is 1.76.